The molecule has 1 fully saturated rings. The van der Waals surface area contributed by atoms with Crippen molar-refractivity contribution in [1.29, 1.82) is 0 Å². The minimum Gasteiger partial charge on any atom is -0.397 e. The molecule has 2 heterocycles. The summed E-state index contributed by atoms with van der Waals surface area (Å²) in [6.07, 6.45) is 1.79. The van der Waals surface area contributed by atoms with Crippen LogP contribution in [0.4, 0.5) is 11.5 Å². The topological polar surface area (TPSA) is 51.4 Å². The van der Waals surface area contributed by atoms with Gasteiger partial charge in [0.15, 0.2) is 0 Å². The van der Waals surface area contributed by atoms with Crippen LogP contribution in [0.2, 0.25) is 5.02 Å². The summed E-state index contributed by atoms with van der Waals surface area (Å²) in [5, 5.41) is 0.593. The smallest absolute Gasteiger partial charge is 0.147 e. The normalized spacial score (nSPS) is 23.8. The van der Waals surface area contributed by atoms with E-state index in [-0.39, 0.29) is 11.7 Å². The number of nitrogens with two attached hydrogens (primary N) is 1. The van der Waals surface area contributed by atoms with E-state index in [0.29, 0.717) is 10.7 Å². The molecule has 1 atom stereocenters. The van der Waals surface area contributed by atoms with Gasteiger partial charge in [-0.2, -0.15) is 0 Å². The van der Waals surface area contributed by atoms with Crippen molar-refractivity contribution in [2.75, 3.05) is 23.7 Å². The van der Waals surface area contributed by atoms with Crippen molar-refractivity contribution in [2.24, 2.45) is 0 Å². The Hall–Kier alpha value is -1.00. The maximum Gasteiger partial charge on any atom is 0.147 e. The molecule has 0 spiro atoms. The van der Waals surface area contributed by atoms with Gasteiger partial charge in [0, 0.05) is 13.1 Å². The number of hydrogen-bond acceptors (Lipinski definition) is 4. The molecule has 0 aromatic carbocycles. The molecule has 1 aromatic rings. The predicted molar refractivity (Wildman–Crippen MR) is 70.5 cm³/mol. The Morgan fingerprint density at radius 2 is 2.29 bits per heavy atom. The first-order valence-corrected chi connectivity index (χ1v) is 6.09. The molecule has 5 heteroatoms. The van der Waals surface area contributed by atoms with Gasteiger partial charge in [0.2, 0.25) is 0 Å². The molecule has 1 unspecified atom stereocenters. The first kappa shape index (κ1) is 12.5. The summed E-state index contributed by atoms with van der Waals surface area (Å²) < 4.78 is 5.85. The number of ether oxygens (including phenoxy) is 1. The number of nitrogens with zero attached hydrogens (tertiary/aromatic N) is 2. The van der Waals surface area contributed by atoms with Crippen molar-refractivity contribution in [3.63, 3.8) is 0 Å². The number of hydrogen-bond donors (Lipinski definition) is 1. The quantitative estimate of drug-likeness (QED) is 0.837. The van der Waals surface area contributed by atoms with Gasteiger partial charge in [0.1, 0.15) is 5.82 Å². The van der Waals surface area contributed by atoms with Crippen LogP contribution >= 0.6 is 11.6 Å². The zero-order valence-electron chi connectivity index (χ0n) is 10.4. The third-order valence-electron chi connectivity index (χ3n) is 2.71. The molecule has 0 bridgehead atoms. The van der Waals surface area contributed by atoms with Crippen LogP contribution in [-0.2, 0) is 4.74 Å². The zero-order chi connectivity index (χ0) is 12.6. The summed E-state index contributed by atoms with van der Waals surface area (Å²) in [6, 6.07) is 1.73. The van der Waals surface area contributed by atoms with Crippen LogP contribution in [0, 0.1) is 0 Å². The molecule has 94 valence electrons. The molecule has 17 heavy (non-hydrogen) atoms. The molecule has 1 aromatic heterocycles. The lowest BCUT2D eigenvalue weighted by Gasteiger charge is -2.42. The second kappa shape index (κ2) is 4.35. The summed E-state index contributed by atoms with van der Waals surface area (Å²) in [4.78, 5) is 6.46. The second-order valence-corrected chi connectivity index (χ2v) is 5.55. The Bertz CT molecular complexity index is 422. The van der Waals surface area contributed by atoms with Crippen LogP contribution in [0.25, 0.3) is 0 Å². The Morgan fingerprint density at radius 1 is 1.59 bits per heavy atom. The monoisotopic (exact) mass is 255 g/mol. The van der Waals surface area contributed by atoms with Crippen LogP contribution in [0.1, 0.15) is 20.8 Å². The van der Waals surface area contributed by atoms with Gasteiger partial charge in [-0.1, -0.05) is 11.6 Å². The van der Waals surface area contributed by atoms with Crippen LogP contribution in [-0.4, -0.2) is 29.8 Å². The third-order valence-corrected chi connectivity index (χ3v) is 2.99. The highest BCUT2D eigenvalue weighted by molar-refractivity contribution is 6.33. The molecule has 2 rings (SSSR count). The van der Waals surface area contributed by atoms with Gasteiger partial charge in [0.05, 0.1) is 28.6 Å². The molecule has 1 aliphatic rings. The molecule has 4 nitrogen and oxygen atoms in total. The summed E-state index contributed by atoms with van der Waals surface area (Å²) >= 11 is 6.18. The van der Waals surface area contributed by atoms with E-state index in [1.54, 1.807) is 12.3 Å². The molecule has 0 aliphatic carbocycles. The fourth-order valence-electron chi connectivity index (χ4n) is 2.29. The van der Waals surface area contributed by atoms with Crippen molar-refractivity contribution in [3.8, 4) is 0 Å². The summed E-state index contributed by atoms with van der Waals surface area (Å²) in [5.41, 5.74) is 6.04. The van der Waals surface area contributed by atoms with E-state index >= 15 is 0 Å². The number of pyridine rings is 1. The van der Waals surface area contributed by atoms with E-state index in [0.717, 1.165) is 18.9 Å². The van der Waals surface area contributed by atoms with Gasteiger partial charge in [-0.3, -0.25) is 0 Å². The summed E-state index contributed by atoms with van der Waals surface area (Å²) in [6.45, 7) is 7.76. The van der Waals surface area contributed by atoms with Crippen LogP contribution < -0.4 is 10.6 Å². The maximum atomic E-state index is 6.18. The molecular formula is C12H18ClN3O. The third kappa shape index (κ3) is 2.82. The first-order chi connectivity index (χ1) is 7.87. The van der Waals surface area contributed by atoms with E-state index in [2.05, 4.69) is 30.7 Å². The molecular weight excluding hydrogens is 238 g/mol. The van der Waals surface area contributed by atoms with Crippen molar-refractivity contribution in [3.05, 3.63) is 17.3 Å². The molecule has 1 saturated heterocycles. The summed E-state index contributed by atoms with van der Waals surface area (Å²) in [7, 11) is 0. The number of anilines is 2. The lowest BCUT2D eigenvalue weighted by atomic mass is 10.1. The highest BCUT2D eigenvalue weighted by atomic mass is 35.5. The van der Waals surface area contributed by atoms with Crippen molar-refractivity contribution in [1.82, 2.24) is 4.98 Å². The minimum atomic E-state index is -0.190. The molecule has 2 N–H and O–H groups in total. The number of morpholine rings is 1. The Labute approximate surface area is 107 Å². The lowest BCUT2D eigenvalue weighted by Crippen LogP contribution is -2.52. The highest BCUT2D eigenvalue weighted by Gasteiger charge is 2.32. The van der Waals surface area contributed by atoms with Crippen molar-refractivity contribution in [2.45, 2.75) is 32.5 Å². The fraction of sp³-hybridized carbons (Fsp3) is 0.583. The Morgan fingerprint density at radius 3 is 2.88 bits per heavy atom. The molecule has 0 radical (unpaired) electrons. The molecule has 1 aliphatic heterocycles. The average molecular weight is 256 g/mol. The number of nitrogen functional groups attached to an aromatic ring is 1. The predicted octanol–water partition coefficient (Wildman–Crippen LogP) is 2.32. The maximum absolute atomic E-state index is 6.18. The van der Waals surface area contributed by atoms with E-state index < -0.39 is 0 Å². The second-order valence-electron chi connectivity index (χ2n) is 5.14. The van der Waals surface area contributed by atoms with Crippen LogP contribution in [0.3, 0.4) is 0 Å². The van der Waals surface area contributed by atoms with E-state index in [4.69, 9.17) is 22.1 Å². The SMILES string of the molecule is CC1CN(c2ncc(N)cc2Cl)CC(C)(C)O1. The number of rotatable bonds is 1. The van der Waals surface area contributed by atoms with Gasteiger partial charge in [0.25, 0.3) is 0 Å². The number of aromatic nitrogens is 1. The van der Waals surface area contributed by atoms with Crippen molar-refractivity contribution >= 4 is 23.1 Å². The zero-order valence-corrected chi connectivity index (χ0v) is 11.2. The lowest BCUT2D eigenvalue weighted by molar-refractivity contribution is -0.0751. The summed E-state index contributed by atoms with van der Waals surface area (Å²) in [5.74, 6) is 0.782. The number of halogens is 1. The van der Waals surface area contributed by atoms with Crippen LogP contribution in [0.15, 0.2) is 12.3 Å². The van der Waals surface area contributed by atoms with Gasteiger partial charge in [-0.25, -0.2) is 4.98 Å². The van der Waals surface area contributed by atoms with E-state index in [1.165, 1.54) is 0 Å². The molecule has 0 saturated carbocycles. The van der Waals surface area contributed by atoms with Gasteiger partial charge in [-0.15, -0.1) is 0 Å². The van der Waals surface area contributed by atoms with E-state index in [9.17, 15) is 0 Å². The Kier molecular flexibility index (Phi) is 3.19. The standard InChI is InChI=1S/C12H18ClN3O/c1-8-6-16(7-12(2,3)17-8)11-10(13)4-9(14)5-15-11/h4-5,8H,6-7,14H2,1-3H3. The van der Waals surface area contributed by atoms with Gasteiger partial charge < -0.3 is 15.4 Å². The van der Waals surface area contributed by atoms with Crippen LogP contribution in [0.5, 0.6) is 0 Å². The van der Waals surface area contributed by atoms with Gasteiger partial charge >= 0.3 is 0 Å². The largest absolute Gasteiger partial charge is 0.397 e. The van der Waals surface area contributed by atoms with E-state index in [1.807, 2.05) is 0 Å². The fourth-order valence-corrected chi connectivity index (χ4v) is 2.59. The highest BCUT2D eigenvalue weighted by Crippen LogP contribution is 2.30. The average Bonchev–Trinajstić information content (AvgIpc) is 2.13. The molecule has 0 amide bonds. The van der Waals surface area contributed by atoms with Crippen molar-refractivity contribution < 1.29 is 4.74 Å². The minimum absolute atomic E-state index is 0.161. The Balaban J connectivity index is 2.27. The first-order valence-electron chi connectivity index (χ1n) is 5.71. The van der Waals surface area contributed by atoms with Gasteiger partial charge in [-0.05, 0) is 26.8 Å².